The van der Waals surface area contributed by atoms with Gasteiger partial charge in [-0.05, 0) is 6.07 Å². The summed E-state index contributed by atoms with van der Waals surface area (Å²) in [7, 11) is 3.03. The molecular formula is C19H14ClN3O5S. The Kier molecular flexibility index (Phi) is 5.87. The number of hydrogen-bond donors (Lipinski definition) is 0. The number of amides is 1. The second-order valence-electron chi connectivity index (χ2n) is 5.69. The summed E-state index contributed by atoms with van der Waals surface area (Å²) in [5.74, 6) is 2.84. The van der Waals surface area contributed by atoms with Crippen LogP contribution in [0.1, 0.15) is 10.4 Å². The quantitative estimate of drug-likeness (QED) is 0.349. The zero-order chi connectivity index (χ0) is 21.1. The molecule has 10 heteroatoms. The number of fused-ring (bicyclic) bond motifs is 1. The van der Waals surface area contributed by atoms with Crippen LogP contribution in [0.5, 0.6) is 11.5 Å². The maximum Gasteiger partial charge on any atom is 0.281 e. The molecule has 0 fully saturated rings. The first-order chi connectivity index (χ1) is 13.9. The monoisotopic (exact) mass is 431 g/mol. The summed E-state index contributed by atoms with van der Waals surface area (Å²) >= 11 is 7.27. The van der Waals surface area contributed by atoms with Crippen molar-refractivity contribution in [2.75, 3.05) is 14.2 Å². The molecule has 0 aliphatic rings. The molecule has 0 atom stereocenters. The highest BCUT2D eigenvalue weighted by molar-refractivity contribution is 7.16. The maximum atomic E-state index is 12.7. The molecule has 3 rings (SSSR count). The van der Waals surface area contributed by atoms with Gasteiger partial charge in [-0.2, -0.15) is 4.99 Å². The van der Waals surface area contributed by atoms with Crippen LogP contribution >= 0.6 is 22.9 Å². The largest absolute Gasteiger partial charge is 0.493 e. The number of hydrogen-bond acceptors (Lipinski definition) is 6. The van der Waals surface area contributed by atoms with Gasteiger partial charge in [-0.15, -0.1) is 6.42 Å². The van der Waals surface area contributed by atoms with E-state index in [1.54, 1.807) is 16.7 Å². The van der Waals surface area contributed by atoms with Gasteiger partial charge >= 0.3 is 0 Å². The zero-order valence-electron chi connectivity index (χ0n) is 15.3. The fourth-order valence-electron chi connectivity index (χ4n) is 2.66. The first kappa shape index (κ1) is 20.4. The molecule has 0 bridgehead atoms. The van der Waals surface area contributed by atoms with E-state index in [2.05, 4.69) is 10.9 Å². The molecule has 1 heterocycles. The van der Waals surface area contributed by atoms with Crippen LogP contribution in [0.25, 0.3) is 10.2 Å². The molecule has 0 aliphatic heterocycles. The summed E-state index contributed by atoms with van der Waals surface area (Å²) in [5.41, 5.74) is 0.387. The van der Waals surface area contributed by atoms with Crippen molar-refractivity contribution >= 4 is 44.7 Å². The van der Waals surface area contributed by atoms with Crippen molar-refractivity contribution in [3.05, 3.63) is 55.8 Å². The van der Waals surface area contributed by atoms with E-state index in [-0.39, 0.29) is 22.8 Å². The number of terminal acetylenes is 1. The minimum atomic E-state index is -0.713. The van der Waals surface area contributed by atoms with Crippen molar-refractivity contribution in [2.45, 2.75) is 6.54 Å². The molecule has 0 unspecified atom stereocenters. The molecule has 148 valence electrons. The molecule has 1 amide bonds. The molecule has 0 saturated heterocycles. The summed E-state index contributed by atoms with van der Waals surface area (Å²) in [4.78, 5) is 27.5. The lowest BCUT2D eigenvalue weighted by molar-refractivity contribution is -0.384. The first-order valence-electron chi connectivity index (χ1n) is 8.11. The van der Waals surface area contributed by atoms with Crippen molar-refractivity contribution in [1.29, 1.82) is 0 Å². The van der Waals surface area contributed by atoms with Crippen LogP contribution in [0.15, 0.2) is 35.3 Å². The van der Waals surface area contributed by atoms with Crippen LogP contribution in [-0.4, -0.2) is 29.6 Å². The Bertz CT molecular complexity index is 1240. The molecule has 2 aromatic carbocycles. The summed E-state index contributed by atoms with van der Waals surface area (Å²) in [5, 5.41) is 11.1. The Morgan fingerprint density at radius 1 is 1.31 bits per heavy atom. The molecule has 29 heavy (non-hydrogen) atoms. The topological polar surface area (TPSA) is 96.0 Å². The number of rotatable bonds is 5. The number of nitro groups is 1. The Balaban J connectivity index is 2.21. The highest BCUT2D eigenvalue weighted by Gasteiger charge is 2.17. The number of nitro benzene ring substituents is 1. The minimum absolute atomic E-state index is 0.0669. The normalized spacial score (nSPS) is 11.3. The number of ether oxygens (including phenoxy) is 2. The van der Waals surface area contributed by atoms with E-state index in [1.165, 1.54) is 37.7 Å². The second-order valence-corrected chi connectivity index (χ2v) is 7.10. The van der Waals surface area contributed by atoms with Crippen LogP contribution in [0, 0.1) is 22.5 Å². The van der Waals surface area contributed by atoms with Crippen molar-refractivity contribution in [1.82, 2.24) is 4.57 Å². The van der Waals surface area contributed by atoms with Gasteiger partial charge in [-0.3, -0.25) is 14.9 Å². The number of methoxy groups -OCH3 is 2. The standard InChI is InChI=1S/C19H14ClN3O5S/c1-4-7-22-14-9-15(27-2)16(28-3)10-17(14)29-19(22)21-18(24)12-8-11(23(25)26)5-6-13(12)20/h1,5-6,8-10H,7H2,2-3H3. The van der Waals surface area contributed by atoms with Gasteiger partial charge in [0, 0.05) is 24.3 Å². The van der Waals surface area contributed by atoms with Crippen molar-refractivity contribution < 1.29 is 19.2 Å². The molecule has 0 aliphatic carbocycles. The maximum absolute atomic E-state index is 12.7. The lowest BCUT2D eigenvalue weighted by atomic mass is 10.2. The van der Waals surface area contributed by atoms with Crippen LogP contribution in [0.3, 0.4) is 0 Å². The Labute approximate surface area is 174 Å². The van der Waals surface area contributed by atoms with Gasteiger partial charge in [0.15, 0.2) is 16.3 Å². The van der Waals surface area contributed by atoms with E-state index in [9.17, 15) is 14.9 Å². The van der Waals surface area contributed by atoms with Crippen LogP contribution in [0.4, 0.5) is 5.69 Å². The fraction of sp³-hybridized carbons (Fsp3) is 0.158. The molecule has 0 saturated carbocycles. The number of non-ortho nitro benzene ring substituents is 1. The van der Waals surface area contributed by atoms with Gasteiger partial charge in [-0.1, -0.05) is 28.9 Å². The second kappa shape index (κ2) is 8.34. The third-order valence-corrected chi connectivity index (χ3v) is 5.40. The van der Waals surface area contributed by atoms with E-state index in [1.807, 2.05) is 0 Å². The van der Waals surface area contributed by atoms with Gasteiger partial charge in [0.25, 0.3) is 11.6 Å². The molecule has 1 aromatic heterocycles. The summed E-state index contributed by atoms with van der Waals surface area (Å²) in [6.07, 6.45) is 5.48. The molecule has 8 nitrogen and oxygen atoms in total. The van der Waals surface area contributed by atoms with Gasteiger partial charge in [-0.25, -0.2) is 0 Å². The smallest absolute Gasteiger partial charge is 0.281 e. The molecular weight excluding hydrogens is 418 g/mol. The van der Waals surface area contributed by atoms with Crippen LogP contribution in [0.2, 0.25) is 5.02 Å². The number of carbonyl (C=O) groups is 1. The van der Waals surface area contributed by atoms with Gasteiger partial charge in [0.2, 0.25) is 0 Å². The molecule has 0 spiro atoms. The number of nitrogens with zero attached hydrogens (tertiary/aromatic N) is 3. The highest BCUT2D eigenvalue weighted by Crippen LogP contribution is 2.33. The number of aromatic nitrogens is 1. The van der Waals surface area contributed by atoms with Crippen molar-refractivity contribution in [3.8, 4) is 23.8 Å². The van der Waals surface area contributed by atoms with E-state index in [0.29, 0.717) is 21.8 Å². The van der Waals surface area contributed by atoms with E-state index in [0.717, 1.165) is 10.8 Å². The molecule has 0 N–H and O–H groups in total. The van der Waals surface area contributed by atoms with Gasteiger partial charge < -0.3 is 14.0 Å². The summed E-state index contributed by atoms with van der Waals surface area (Å²) < 4.78 is 13.1. The average molecular weight is 432 g/mol. The van der Waals surface area contributed by atoms with Gasteiger partial charge in [0.05, 0.1) is 46.5 Å². The SMILES string of the molecule is C#CCn1c(=NC(=O)c2cc([N+](=O)[O-])ccc2Cl)sc2cc(OC)c(OC)cc21. The fourth-order valence-corrected chi connectivity index (χ4v) is 3.90. The number of halogens is 1. The summed E-state index contributed by atoms with van der Waals surface area (Å²) in [6, 6.07) is 7.11. The predicted octanol–water partition coefficient (Wildman–Crippen LogP) is 3.66. The Morgan fingerprint density at radius 2 is 2.00 bits per heavy atom. The number of benzene rings is 2. The average Bonchev–Trinajstić information content (AvgIpc) is 3.03. The van der Waals surface area contributed by atoms with Crippen LogP contribution in [-0.2, 0) is 6.54 Å². The van der Waals surface area contributed by atoms with Gasteiger partial charge in [0.1, 0.15) is 0 Å². The number of thiazole rings is 1. The van der Waals surface area contributed by atoms with Crippen molar-refractivity contribution in [2.24, 2.45) is 4.99 Å². The zero-order valence-corrected chi connectivity index (χ0v) is 16.9. The molecule has 3 aromatic rings. The third-order valence-electron chi connectivity index (χ3n) is 4.03. The third kappa shape index (κ3) is 3.94. The van der Waals surface area contributed by atoms with Crippen molar-refractivity contribution in [3.63, 3.8) is 0 Å². The predicted molar refractivity (Wildman–Crippen MR) is 110 cm³/mol. The highest BCUT2D eigenvalue weighted by atomic mass is 35.5. The van der Waals surface area contributed by atoms with E-state index >= 15 is 0 Å². The van der Waals surface area contributed by atoms with E-state index < -0.39 is 10.8 Å². The first-order valence-corrected chi connectivity index (χ1v) is 9.30. The summed E-state index contributed by atoms with van der Waals surface area (Å²) in [6.45, 7) is 0.157. The lowest BCUT2D eigenvalue weighted by Crippen LogP contribution is -2.16. The Morgan fingerprint density at radius 3 is 2.62 bits per heavy atom. The van der Waals surface area contributed by atoms with Crippen LogP contribution < -0.4 is 14.3 Å². The van der Waals surface area contributed by atoms with E-state index in [4.69, 9.17) is 27.5 Å². The molecule has 0 radical (unpaired) electrons. The minimum Gasteiger partial charge on any atom is -0.493 e. The lowest BCUT2D eigenvalue weighted by Gasteiger charge is -2.08. The number of carbonyl (C=O) groups excluding carboxylic acids is 1. The Hall–Kier alpha value is -3.35.